The molecule has 23 heavy (non-hydrogen) atoms. The van der Waals surface area contributed by atoms with Crippen molar-refractivity contribution in [3.63, 3.8) is 0 Å². The van der Waals surface area contributed by atoms with Crippen LogP contribution in [0.2, 0.25) is 0 Å². The summed E-state index contributed by atoms with van der Waals surface area (Å²) in [6, 6.07) is 0. The highest BCUT2D eigenvalue weighted by Gasteiger charge is 2.41. The van der Waals surface area contributed by atoms with Gasteiger partial charge in [0.15, 0.2) is 17.4 Å². The van der Waals surface area contributed by atoms with Crippen molar-refractivity contribution < 1.29 is 18.7 Å². The van der Waals surface area contributed by atoms with Gasteiger partial charge in [-0.2, -0.15) is 0 Å². The summed E-state index contributed by atoms with van der Waals surface area (Å²) in [5.41, 5.74) is 0.419. The summed E-state index contributed by atoms with van der Waals surface area (Å²) >= 11 is 0. The highest BCUT2D eigenvalue weighted by atomic mass is 16.7. The van der Waals surface area contributed by atoms with Crippen LogP contribution >= 0.6 is 0 Å². The van der Waals surface area contributed by atoms with Crippen LogP contribution in [0.1, 0.15) is 48.0 Å². The molecule has 1 amide bonds. The number of rotatable bonds is 2. The minimum Gasteiger partial charge on any atom is -0.448 e. The Morgan fingerprint density at radius 1 is 1.22 bits per heavy atom. The Balaban J connectivity index is 1.38. The van der Waals surface area contributed by atoms with E-state index in [0.717, 1.165) is 38.8 Å². The number of carbonyl (C=O) groups excluding carboxylic acids is 1. The molecule has 3 aliphatic heterocycles. The van der Waals surface area contributed by atoms with Crippen molar-refractivity contribution in [2.24, 2.45) is 0 Å². The number of nitrogens with zero attached hydrogens (tertiary/aromatic N) is 2. The summed E-state index contributed by atoms with van der Waals surface area (Å²) in [5, 5.41) is 3.32. The zero-order valence-corrected chi connectivity index (χ0v) is 13.3. The number of oxazole rings is 1. The monoisotopic (exact) mass is 321 g/mol. The standard InChI is InChI=1S/C16H23N3O4/c20-15(19-7-3-16(4-8-19)22-9-10-23-16)13-11-21-14(18-13)12-1-5-17-6-2-12/h11-12,17H,1-10H2. The molecule has 1 spiro atoms. The summed E-state index contributed by atoms with van der Waals surface area (Å²) < 4.78 is 17.0. The highest BCUT2D eigenvalue weighted by Crippen LogP contribution is 2.32. The Labute approximate surface area is 135 Å². The minimum absolute atomic E-state index is 0.0539. The molecule has 1 aromatic rings. The van der Waals surface area contributed by atoms with E-state index in [1.165, 1.54) is 6.26 Å². The fourth-order valence-corrected chi connectivity index (χ4v) is 3.64. The normalized spacial score (nSPS) is 25.1. The maximum atomic E-state index is 12.6. The molecule has 4 rings (SSSR count). The number of amides is 1. The third-order valence-electron chi connectivity index (χ3n) is 5.06. The molecule has 4 heterocycles. The number of hydrogen-bond donors (Lipinski definition) is 1. The van der Waals surface area contributed by atoms with Gasteiger partial charge in [-0.25, -0.2) is 4.98 Å². The third kappa shape index (κ3) is 3.00. The molecule has 7 heteroatoms. The first kappa shape index (κ1) is 15.1. The number of likely N-dealkylation sites (tertiary alicyclic amines) is 1. The largest absolute Gasteiger partial charge is 0.448 e. The van der Waals surface area contributed by atoms with Crippen LogP contribution in [0.25, 0.3) is 0 Å². The molecule has 1 N–H and O–H groups in total. The molecular formula is C16H23N3O4. The van der Waals surface area contributed by atoms with Crippen molar-refractivity contribution >= 4 is 5.91 Å². The lowest BCUT2D eigenvalue weighted by molar-refractivity contribution is -0.181. The second kappa shape index (κ2) is 6.22. The Morgan fingerprint density at radius 2 is 1.91 bits per heavy atom. The maximum absolute atomic E-state index is 12.6. The molecule has 0 aromatic carbocycles. The average molecular weight is 321 g/mol. The topological polar surface area (TPSA) is 76.8 Å². The van der Waals surface area contributed by atoms with Crippen molar-refractivity contribution in [1.82, 2.24) is 15.2 Å². The van der Waals surface area contributed by atoms with Crippen LogP contribution in [0.5, 0.6) is 0 Å². The molecule has 7 nitrogen and oxygen atoms in total. The van der Waals surface area contributed by atoms with Crippen molar-refractivity contribution in [3.05, 3.63) is 17.8 Å². The number of carbonyl (C=O) groups is 1. The summed E-state index contributed by atoms with van der Waals surface area (Å²) in [6.07, 6.45) is 4.96. The molecule has 0 radical (unpaired) electrons. The second-order valence-corrected chi connectivity index (χ2v) is 6.50. The van der Waals surface area contributed by atoms with Gasteiger partial charge in [0.05, 0.1) is 13.2 Å². The van der Waals surface area contributed by atoms with Crippen LogP contribution in [0, 0.1) is 0 Å². The van der Waals surface area contributed by atoms with E-state index >= 15 is 0 Å². The molecule has 1 aromatic heterocycles. The smallest absolute Gasteiger partial charge is 0.275 e. The molecule has 3 saturated heterocycles. The Bertz CT molecular complexity index is 551. The SMILES string of the molecule is O=C(c1coc(C2CCNCC2)n1)N1CCC2(CC1)OCCO2. The Hall–Kier alpha value is -1.44. The molecule has 126 valence electrons. The van der Waals surface area contributed by atoms with Crippen molar-refractivity contribution in [2.75, 3.05) is 39.4 Å². The van der Waals surface area contributed by atoms with Gasteiger partial charge in [0.25, 0.3) is 5.91 Å². The quantitative estimate of drug-likeness (QED) is 0.880. The van der Waals surface area contributed by atoms with Crippen molar-refractivity contribution in [2.45, 2.75) is 37.4 Å². The summed E-state index contributed by atoms with van der Waals surface area (Å²) in [4.78, 5) is 18.9. The van der Waals surface area contributed by atoms with Gasteiger partial charge in [-0.05, 0) is 25.9 Å². The lowest BCUT2D eigenvalue weighted by atomic mass is 9.98. The van der Waals surface area contributed by atoms with Crippen molar-refractivity contribution in [1.29, 1.82) is 0 Å². The lowest BCUT2D eigenvalue weighted by Crippen LogP contribution is -2.47. The molecule has 0 saturated carbocycles. The lowest BCUT2D eigenvalue weighted by Gasteiger charge is -2.37. The van der Waals surface area contributed by atoms with Crippen molar-refractivity contribution in [3.8, 4) is 0 Å². The molecule has 3 aliphatic rings. The first-order valence-electron chi connectivity index (χ1n) is 8.49. The van der Waals surface area contributed by atoms with Crippen LogP contribution in [0.3, 0.4) is 0 Å². The molecule has 0 atom stereocenters. The first-order valence-corrected chi connectivity index (χ1v) is 8.49. The van der Waals surface area contributed by atoms with E-state index in [9.17, 15) is 4.79 Å². The number of hydrogen-bond acceptors (Lipinski definition) is 6. The first-order chi connectivity index (χ1) is 11.3. The van der Waals surface area contributed by atoms with Gasteiger partial charge >= 0.3 is 0 Å². The Morgan fingerprint density at radius 3 is 2.61 bits per heavy atom. The predicted octanol–water partition coefficient (Wildman–Crippen LogP) is 1.12. The molecule has 0 unspecified atom stereocenters. The zero-order valence-electron chi connectivity index (χ0n) is 13.3. The predicted molar refractivity (Wildman–Crippen MR) is 81.1 cm³/mol. The van der Waals surface area contributed by atoms with E-state index in [4.69, 9.17) is 13.9 Å². The fourth-order valence-electron chi connectivity index (χ4n) is 3.64. The molecule has 0 aliphatic carbocycles. The fraction of sp³-hybridized carbons (Fsp3) is 0.750. The van der Waals surface area contributed by atoms with Gasteiger partial charge in [-0.15, -0.1) is 0 Å². The molecular weight excluding hydrogens is 298 g/mol. The van der Waals surface area contributed by atoms with Gasteiger partial charge < -0.3 is 24.1 Å². The van der Waals surface area contributed by atoms with Gasteiger partial charge in [-0.3, -0.25) is 4.79 Å². The van der Waals surface area contributed by atoms with Crippen LogP contribution in [-0.4, -0.2) is 61.0 Å². The van der Waals surface area contributed by atoms with E-state index in [2.05, 4.69) is 10.3 Å². The van der Waals surface area contributed by atoms with Crippen LogP contribution in [0.15, 0.2) is 10.7 Å². The number of ether oxygens (including phenoxy) is 2. The van der Waals surface area contributed by atoms with Gasteiger partial charge in [0.1, 0.15) is 6.26 Å². The van der Waals surface area contributed by atoms with Gasteiger partial charge in [0, 0.05) is 31.8 Å². The maximum Gasteiger partial charge on any atom is 0.275 e. The summed E-state index contributed by atoms with van der Waals surface area (Å²) in [7, 11) is 0. The third-order valence-corrected chi connectivity index (χ3v) is 5.06. The number of nitrogens with one attached hydrogen (secondary N) is 1. The average Bonchev–Trinajstić information content (AvgIpc) is 3.26. The van der Waals surface area contributed by atoms with E-state index in [-0.39, 0.29) is 5.91 Å². The van der Waals surface area contributed by atoms with Crippen LogP contribution < -0.4 is 5.32 Å². The number of piperidine rings is 2. The summed E-state index contributed by atoms with van der Waals surface area (Å²) in [5.74, 6) is 0.510. The highest BCUT2D eigenvalue weighted by molar-refractivity contribution is 5.92. The van der Waals surface area contributed by atoms with E-state index in [1.54, 1.807) is 0 Å². The van der Waals surface area contributed by atoms with E-state index < -0.39 is 5.79 Å². The minimum atomic E-state index is -0.457. The number of aromatic nitrogens is 1. The summed E-state index contributed by atoms with van der Waals surface area (Å²) in [6.45, 7) is 4.52. The van der Waals surface area contributed by atoms with Gasteiger partial charge in [0.2, 0.25) is 0 Å². The van der Waals surface area contributed by atoms with Gasteiger partial charge in [-0.1, -0.05) is 0 Å². The second-order valence-electron chi connectivity index (χ2n) is 6.50. The molecule has 0 bridgehead atoms. The van der Waals surface area contributed by atoms with E-state index in [0.29, 0.717) is 43.8 Å². The molecule has 3 fully saturated rings. The van der Waals surface area contributed by atoms with Crippen LogP contribution in [-0.2, 0) is 9.47 Å². The van der Waals surface area contributed by atoms with Crippen LogP contribution in [0.4, 0.5) is 0 Å². The van der Waals surface area contributed by atoms with E-state index in [1.807, 2.05) is 4.90 Å². The zero-order chi connectivity index (χ0) is 15.7. The Kier molecular flexibility index (Phi) is 4.09.